The van der Waals surface area contributed by atoms with Gasteiger partial charge in [-0.25, -0.2) is 0 Å². The van der Waals surface area contributed by atoms with Crippen molar-refractivity contribution in [2.75, 3.05) is 0 Å². The van der Waals surface area contributed by atoms with Gasteiger partial charge in [0.1, 0.15) is 0 Å². The summed E-state index contributed by atoms with van der Waals surface area (Å²) in [4.78, 5) is 19.6. The summed E-state index contributed by atoms with van der Waals surface area (Å²) >= 11 is 0. The molecule has 0 saturated carbocycles. The molecule has 0 atom stereocenters. The maximum absolute atomic E-state index is 9.81. The van der Waals surface area contributed by atoms with E-state index in [0.29, 0.717) is 0 Å². The molecular weight excluding hydrogens is 371 g/mol. The zero-order valence-electron chi connectivity index (χ0n) is 9.64. The van der Waals surface area contributed by atoms with Gasteiger partial charge < -0.3 is 10.4 Å². The van der Waals surface area contributed by atoms with Crippen LogP contribution in [0.3, 0.4) is 0 Å². The predicted octanol–water partition coefficient (Wildman–Crippen LogP) is -0.216. The smallest absolute Gasteiger partial charge is 1.00 e. The number of hydrogen-bond donors (Lipinski definition) is 0. The van der Waals surface area contributed by atoms with Crippen LogP contribution in [-0.4, -0.2) is 110 Å². The monoisotopic (exact) mass is 382 g/mol. The second-order valence-electron chi connectivity index (χ2n) is 1.09. The summed E-state index contributed by atoms with van der Waals surface area (Å²) in [5, 5.41) is 0. The molecule has 0 aromatic rings. The van der Waals surface area contributed by atoms with Crippen molar-refractivity contribution in [1.82, 2.24) is 0 Å². The molecule has 0 N–H and O–H groups in total. The van der Waals surface area contributed by atoms with E-state index < -0.39 is 11.9 Å². The van der Waals surface area contributed by atoms with Gasteiger partial charge in [-0.15, -0.1) is 0 Å². The molecule has 0 amide bonds. The summed E-state index contributed by atoms with van der Waals surface area (Å²) in [6.45, 7) is 2.36. The molecule has 0 aliphatic rings. The van der Waals surface area contributed by atoms with E-state index in [0.717, 1.165) is 0 Å². The van der Waals surface area contributed by atoms with Gasteiger partial charge in [-0.05, 0) is 0 Å². The Labute approximate surface area is 140 Å². The molecule has 0 unspecified atom stereocenters. The molecule has 0 aromatic heterocycles. The van der Waals surface area contributed by atoms with E-state index in [4.69, 9.17) is 0 Å². The number of esters is 2. The minimum absolute atomic E-state index is 0. The molecule has 0 heterocycles. The largest absolute Gasteiger partial charge is 2.00 e. The molecule has 5 heteroatoms. The van der Waals surface area contributed by atoms with Crippen LogP contribution < -0.4 is 0 Å². The molecule has 3 nitrogen and oxygen atoms in total. The molecule has 0 aliphatic carbocycles. The number of hydrogen-bond acceptors (Lipinski definition) is 3. The van der Waals surface area contributed by atoms with Crippen molar-refractivity contribution < 1.29 is 20.0 Å². The van der Waals surface area contributed by atoms with Crippen LogP contribution in [0.4, 0.5) is 0 Å². The van der Waals surface area contributed by atoms with Crippen molar-refractivity contribution in [2.24, 2.45) is 0 Å². The molecule has 0 bridgehead atoms. The van der Waals surface area contributed by atoms with Crippen LogP contribution in [0.1, 0.15) is 19.6 Å². The van der Waals surface area contributed by atoms with Gasteiger partial charge in [-0.3, -0.25) is 9.59 Å². The van der Waals surface area contributed by atoms with E-state index in [9.17, 15) is 9.59 Å². The third kappa shape index (κ3) is 17.9. The average molecular weight is 381 g/mol. The van der Waals surface area contributed by atoms with Crippen LogP contribution in [0.25, 0.3) is 0 Å². The molecule has 0 rings (SSSR count). The van der Waals surface area contributed by atoms with Crippen molar-refractivity contribution in [2.45, 2.75) is 13.8 Å². The predicted molar refractivity (Wildman–Crippen MR) is 38.4 cm³/mol. The molecule has 0 aliphatic heterocycles. The first-order chi connectivity index (χ1) is 3.13. The number of carbonyl (C=O) groups is 2. The van der Waals surface area contributed by atoms with Crippen LogP contribution in [0.2, 0.25) is 0 Å². The van der Waals surface area contributed by atoms with Gasteiger partial charge in [0.25, 0.3) is 0 Å². The summed E-state index contributed by atoms with van der Waals surface area (Å²) in [5.41, 5.74) is 0. The number of carbonyl (C=O) groups excluding carboxylic acids is 2. The first-order valence-electron chi connectivity index (χ1n) is 1.82. The van der Waals surface area contributed by atoms with E-state index >= 15 is 0 Å². The van der Waals surface area contributed by atoms with E-state index in [2.05, 4.69) is 4.74 Å². The van der Waals surface area contributed by atoms with Crippen LogP contribution in [0.15, 0.2) is 0 Å². The van der Waals surface area contributed by atoms with Crippen molar-refractivity contribution in [3.8, 4) is 0 Å². The minimum Gasteiger partial charge on any atom is -1.00 e. The Morgan fingerprint density at radius 2 is 1.33 bits per heavy atom. The first-order valence-corrected chi connectivity index (χ1v) is 1.82. The Morgan fingerprint density at radius 1 is 1.11 bits per heavy atom. The fourth-order valence-corrected chi connectivity index (χ4v) is 0.202. The maximum Gasteiger partial charge on any atom is 2.00 e. The minimum atomic E-state index is -0.562. The topological polar surface area (TPSA) is 43.4 Å². The Morgan fingerprint density at radius 3 is 1.33 bits per heavy atom. The quantitative estimate of drug-likeness (QED) is 0.332. The van der Waals surface area contributed by atoms with Crippen LogP contribution in [0, 0.1) is 0 Å². The molecular formula is C4H10Ba2O3. The van der Waals surface area contributed by atoms with Gasteiger partial charge in [0, 0.05) is 13.8 Å². The molecule has 0 fully saturated rings. The summed E-state index contributed by atoms with van der Waals surface area (Å²) in [6.07, 6.45) is 0. The first kappa shape index (κ1) is 17.4. The summed E-state index contributed by atoms with van der Waals surface area (Å²) in [7, 11) is 0. The summed E-state index contributed by atoms with van der Waals surface area (Å²) in [5.74, 6) is -1.12. The summed E-state index contributed by atoms with van der Waals surface area (Å²) in [6, 6.07) is 0. The second kappa shape index (κ2) is 10.3. The Balaban J connectivity index is -0.0000000120. The molecule has 0 radical (unpaired) electrons. The van der Waals surface area contributed by atoms with E-state index in [1.807, 2.05) is 0 Å². The Kier molecular flexibility index (Phi) is 19.9. The maximum atomic E-state index is 9.81. The molecule has 0 saturated heterocycles. The molecule has 0 spiro atoms. The summed E-state index contributed by atoms with van der Waals surface area (Å²) < 4.78 is 3.97. The average Bonchev–Trinajstić information content (AvgIpc) is 1.27. The molecule has 0 aromatic carbocycles. The third-order valence-electron chi connectivity index (χ3n) is 0.287. The van der Waals surface area contributed by atoms with Crippen LogP contribution in [0.5, 0.6) is 0 Å². The van der Waals surface area contributed by atoms with Gasteiger partial charge in [0.2, 0.25) is 0 Å². The van der Waals surface area contributed by atoms with Gasteiger partial charge in [0.05, 0.1) is 0 Å². The second-order valence-corrected chi connectivity index (χ2v) is 1.09. The number of ether oxygens (including phenoxy) is 1. The van der Waals surface area contributed by atoms with Crippen LogP contribution in [-0.2, 0) is 14.3 Å². The molecule has 48 valence electrons. The van der Waals surface area contributed by atoms with Crippen molar-refractivity contribution in [3.63, 3.8) is 0 Å². The van der Waals surface area contributed by atoms with Crippen molar-refractivity contribution in [3.05, 3.63) is 0 Å². The number of rotatable bonds is 0. The van der Waals surface area contributed by atoms with Gasteiger partial charge in [0.15, 0.2) is 0 Å². The Bertz CT molecular complexity index is 102. The SMILES string of the molecule is CC(=O)OC(C)=O.[Ba+2].[Ba+2].[H-].[H-].[H-].[H-]. The zero-order valence-corrected chi connectivity index (χ0v) is 14.5. The molecule has 9 heavy (non-hydrogen) atoms. The third-order valence-corrected chi connectivity index (χ3v) is 0.287. The van der Waals surface area contributed by atoms with Crippen molar-refractivity contribution >= 4 is 110 Å². The zero-order chi connectivity index (χ0) is 5.86. The normalized spacial score (nSPS) is 6.00. The standard InChI is InChI=1S/C4H6O3.2Ba.4H/c1-3(5)7-4(2)6;;;;;;/h1-2H3;;;;;;/q;2*+2;4*-1. The van der Waals surface area contributed by atoms with E-state index in [-0.39, 0.29) is 103 Å². The fourth-order valence-electron chi connectivity index (χ4n) is 0.202. The fraction of sp³-hybridized carbons (Fsp3) is 0.500. The van der Waals surface area contributed by atoms with Gasteiger partial charge in [-0.2, -0.15) is 0 Å². The Hall–Kier alpha value is 2.28. The van der Waals surface area contributed by atoms with Gasteiger partial charge in [-0.1, -0.05) is 0 Å². The van der Waals surface area contributed by atoms with E-state index in [1.165, 1.54) is 13.8 Å². The van der Waals surface area contributed by atoms with Crippen molar-refractivity contribution in [1.29, 1.82) is 0 Å². The van der Waals surface area contributed by atoms with Crippen LogP contribution >= 0.6 is 0 Å². The van der Waals surface area contributed by atoms with E-state index in [1.54, 1.807) is 0 Å². The van der Waals surface area contributed by atoms with Gasteiger partial charge >= 0.3 is 110 Å².